The summed E-state index contributed by atoms with van der Waals surface area (Å²) >= 11 is 0. The molecule has 0 radical (unpaired) electrons. The molecule has 110 valence electrons. The molecule has 0 aromatic heterocycles. The van der Waals surface area contributed by atoms with E-state index in [9.17, 15) is 9.59 Å². The molecule has 1 rings (SSSR count). The second-order valence-electron chi connectivity index (χ2n) is 4.66. The highest BCUT2D eigenvalue weighted by Gasteiger charge is 2.13. The minimum Gasteiger partial charge on any atom is -0.486 e. The lowest BCUT2D eigenvalue weighted by Crippen LogP contribution is -2.18. The molecule has 0 aliphatic rings. The summed E-state index contributed by atoms with van der Waals surface area (Å²) in [5.41, 5.74) is 1.08. The van der Waals surface area contributed by atoms with E-state index < -0.39 is 5.97 Å². The van der Waals surface area contributed by atoms with Crippen LogP contribution in [0.5, 0.6) is 5.75 Å². The monoisotopic (exact) mass is 278 g/mol. The van der Waals surface area contributed by atoms with E-state index in [0.29, 0.717) is 11.7 Å². The Hall–Kier alpha value is -1.84. The van der Waals surface area contributed by atoms with E-state index in [-0.39, 0.29) is 25.4 Å². The molecule has 0 spiro atoms. The lowest BCUT2D eigenvalue weighted by atomic mass is 9.98. The van der Waals surface area contributed by atoms with Gasteiger partial charge >= 0.3 is 5.97 Å². The number of esters is 1. The van der Waals surface area contributed by atoms with Crippen molar-refractivity contribution in [3.8, 4) is 5.75 Å². The summed E-state index contributed by atoms with van der Waals surface area (Å²) < 4.78 is 10.3. The minimum absolute atomic E-state index is 0.105. The summed E-state index contributed by atoms with van der Waals surface area (Å²) in [4.78, 5) is 22.8. The van der Waals surface area contributed by atoms with Crippen molar-refractivity contribution in [1.29, 1.82) is 0 Å². The predicted molar refractivity (Wildman–Crippen MR) is 76.9 cm³/mol. The van der Waals surface area contributed by atoms with Crippen molar-refractivity contribution in [1.82, 2.24) is 0 Å². The highest BCUT2D eigenvalue weighted by molar-refractivity contribution is 5.96. The Bertz CT molecular complexity index is 454. The van der Waals surface area contributed by atoms with Gasteiger partial charge in [-0.3, -0.25) is 9.59 Å². The molecule has 1 aromatic carbocycles. The van der Waals surface area contributed by atoms with E-state index in [1.165, 1.54) is 0 Å². The molecule has 0 amide bonds. The van der Waals surface area contributed by atoms with Gasteiger partial charge < -0.3 is 9.47 Å². The number of Topliss-reactive ketones (excluding diaryl/α,β-unsaturated/α-hetero) is 1. The number of rotatable bonds is 8. The normalized spacial score (nSPS) is 11.8. The van der Waals surface area contributed by atoms with Gasteiger partial charge in [0.1, 0.15) is 18.8 Å². The number of carbonyl (C=O) groups excluding carboxylic acids is 2. The van der Waals surface area contributed by atoms with Gasteiger partial charge in [0.2, 0.25) is 0 Å². The molecule has 1 atom stereocenters. The van der Waals surface area contributed by atoms with Crippen molar-refractivity contribution in [3.63, 3.8) is 0 Å². The molecule has 20 heavy (non-hydrogen) atoms. The van der Waals surface area contributed by atoms with E-state index in [2.05, 4.69) is 13.8 Å². The molecule has 0 fully saturated rings. The molecule has 4 heteroatoms. The Morgan fingerprint density at radius 1 is 1.20 bits per heavy atom. The molecule has 1 aromatic rings. The summed E-state index contributed by atoms with van der Waals surface area (Å²) in [6.07, 6.45) is 0.760. The fourth-order valence-electron chi connectivity index (χ4n) is 1.82. The van der Waals surface area contributed by atoms with Crippen LogP contribution in [0.4, 0.5) is 0 Å². The Kier molecular flexibility index (Phi) is 6.77. The van der Waals surface area contributed by atoms with Crippen molar-refractivity contribution < 1.29 is 19.1 Å². The Labute approximate surface area is 120 Å². The Morgan fingerprint density at radius 3 is 2.55 bits per heavy atom. The van der Waals surface area contributed by atoms with Crippen LogP contribution in [-0.4, -0.2) is 25.0 Å². The third-order valence-corrected chi connectivity index (χ3v) is 3.10. The average Bonchev–Trinajstić information content (AvgIpc) is 2.44. The summed E-state index contributed by atoms with van der Waals surface area (Å²) in [7, 11) is 0. The first-order chi connectivity index (χ1) is 9.58. The summed E-state index contributed by atoms with van der Waals surface area (Å²) in [5, 5.41) is 0. The first-order valence-corrected chi connectivity index (χ1v) is 6.97. The largest absolute Gasteiger partial charge is 0.486 e. The molecule has 0 N–H and O–H groups in total. The van der Waals surface area contributed by atoms with Gasteiger partial charge in [-0.15, -0.1) is 0 Å². The minimum atomic E-state index is -0.503. The van der Waals surface area contributed by atoms with Gasteiger partial charge in [-0.1, -0.05) is 32.0 Å². The Balaban J connectivity index is 2.57. The van der Waals surface area contributed by atoms with Crippen LogP contribution in [0.25, 0.3) is 0 Å². The van der Waals surface area contributed by atoms with E-state index in [1.54, 1.807) is 6.92 Å². The standard InChI is InChI=1S/C16H22O4/c1-4-12(3)14-8-6-7-9-15(14)20-11-13(17)10-16(18)19-5-2/h6-9,12H,4-5,10-11H2,1-3H3. The molecule has 0 aliphatic carbocycles. The van der Waals surface area contributed by atoms with Crippen LogP contribution < -0.4 is 4.74 Å². The first kappa shape index (κ1) is 16.2. The lowest BCUT2D eigenvalue weighted by molar-refractivity contribution is -0.145. The number of ether oxygens (including phenoxy) is 2. The highest BCUT2D eigenvalue weighted by Crippen LogP contribution is 2.28. The van der Waals surface area contributed by atoms with Crippen LogP contribution in [0.3, 0.4) is 0 Å². The molecule has 1 unspecified atom stereocenters. The topological polar surface area (TPSA) is 52.6 Å². The van der Waals surface area contributed by atoms with Crippen LogP contribution in [0.15, 0.2) is 24.3 Å². The molecule has 0 saturated heterocycles. The maximum absolute atomic E-state index is 11.6. The molecule has 0 bridgehead atoms. The van der Waals surface area contributed by atoms with E-state index in [4.69, 9.17) is 9.47 Å². The van der Waals surface area contributed by atoms with Crippen LogP contribution in [-0.2, 0) is 14.3 Å². The number of ketones is 1. The second kappa shape index (κ2) is 8.35. The smallest absolute Gasteiger partial charge is 0.313 e. The maximum atomic E-state index is 11.6. The molecule has 4 nitrogen and oxygen atoms in total. The Morgan fingerprint density at radius 2 is 1.90 bits per heavy atom. The molecule has 0 aliphatic heterocycles. The lowest BCUT2D eigenvalue weighted by Gasteiger charge is -2.15. The van der Waals surface area contributed by atoms with Crippen molar-refractivity contribution >= 4 is 11.8 Å². The van der Waals surface area contributed by atoms with Gasteiger partial charge in [-0.2, -0.15) is 0 Å². The zero-order valence-corrected chi connectivity index (χ0v) is 12.3. The SMILES string of the molecule is CCOC(=O)CC(=O)COc1ccccc1C(C)CC. The number of para-hydroxylation sites is 1. The zero-order chi connectivity index (χ0) is 15.0. The molecule has 0 saturated carbocycles. The maximum Gasteiger partial charge on any atom is 0.313 e. The predicted octanol–water partition coefficient (Wildman–Crippen LogP) is 3.10. The highest BCUT2D eigenvalue weighted by atomic mass is 16.5. The average molecular weight is 278 g/mol. The van der Waals surface area contributed by atoms with Gasteiger partial charge in [0.05, 0.1) is 6.61 Å². The summed E-state index contributed by atoms with van der Waals surface area (Å²) in [6, 6.07) is 7.67. The third-order valence-electron chi connectivity index (χ3n) is 3.10. The van der Waals surface area contributed by atoms with Crippen LogP contribution in [0.1, 0.15) is 45.1 Å². The zero-order valence-electron chi connectivity index (χ0n) is 12.3. The van der Waals surface area contributed by atoms with Crippen molar-refractivity contribution in [2.24, 2.45) is 0 Å². The quantitative estimate of drug-likeness (QED) is 0.541. The second-order valence-corrected chi connectivity index (χ2v) is 4.66. The van der Waals surface area contributed by atoms with Crippen LogP contribution in [0, 0.1) is 0 Å². The van der Waals surface area contributed by atoms with Gasteiger partial charge in [-0.25, -0.2) is 0 Å². The van der Waals surface area contributed by atoms with Gasteiger partial charge in [-0.05, 0) is 30.9 Å². The fraction of sp³-hybridized carbons (Fsp3) is 0.500. The third kappa shape index (κ3) is 5.03. The first-order valence-electron chi connectivity index (χ1n) is 6.97. The molecular formula is C16H22O4. The molecular weight excluding hydrogens is 256 g/mol. The summed E-state index contributed by atoms with van der Waals surface area (Å²) in [6.45, 7) is 6.10. The molecule has 0 heterocycles. The van der Waals surface area contributed by atoms with Gasteiger partial charge in [0.15, 0.2) is 5.78 Å². The number of hydrogen-bond acceptors (Lipinski definition) is 4. The van der Waals surface area contributed by atoms with E-state index >= 15 is 0 Å². The number of hydrogen-bond donors (Lipinski definition) is 0. The number of benzene rings is 1. The van der Waals surface area contributed by atoms with Gasteiger partial charge in [0.25, 0.3) is 0 Å². The van der Waals surface area contributed by atoms with E-state index in [1.807, 2.05) is 24.3 Å². The van der Waals surface area contributed by atoms with Crippen LogP contribution in [0.2, 0.25) is 0 Å². The van der Waals surface area contributed by atoms with Crippen molar-refractivity contribution in [2.45, 2.75) is 39.5 Å². The van der Waals surface area contributed by atoms with E-state index in [0.717, 1.165) is 12.0 Å². The number of carbonyl (C=O) groups is 2. The van der Waals surface area contributed by atoms with Crippen molar-refractivity contribution in [3.05, 3.63) is 29.8 Å². The van der Waals surface area contributed by atoms with Crippen LogP contribution >= 0.6 is 0 Å². The van der Waals surface area contributed by atoms with Crippen molar-refractivity contribution in [2.75, 3.05) is 13.2 Å². The summed E-state index contributed by atoms with van der Waals surface area (Å²) in [5.74, 6) is 0.295. The fourth-order valence-corrected chi connectivity index (χ4v) is 1.82. The van der Waals surface area contributed by atoms with Gasteiger partial charge in [0, 0.05) is 0 Å².